The quantitative estimate of drug-likeness (QED) is 0.640. The third kappa shape index (κ3) is 3.13. The van der Waals surface area contributed by atoms with Gasteiger partial charge in [-0.05, 0) is 17.8 Å². The second-order valence-corrected chi connectivity index (χ2v) is 6.88. The van der Waals surface area contributed by atoms with Crippen molar-refractivity contribution in [1.29, 1.82) is 0 Å². The molecule has 0 amide bonds. The maximum Gasteiger partial charge on any atom is 0.504 e. The van der Waals surface area contributed by atoms with E-state index >= 15 is 0 Å². The van der Waals surface area contributed by atoms with Crippen molar-refractivity contribution in [1.82, 2.24) is 14.8 Å². The number of nitrogens with zero attached hydrogens (tertiary/aromatic N) is 4. The topological polar surface area (TPSA) is 54.2 Å². The number of aliphatic hydroxyl groups excluding tert-OH is 1. The van der Waals surface area contributed by atoms with Crippen molar-refractivity contribution in [2.45, 2.75) is 6.30 Å². The maximum absolute atomic E-state index is 12.6. The average Bonchev–Trinajstić information content (AvgIpc) is 2.97. The van der Waals surface area contributed by atoms with E-state index in [1.165, 1.54) is 6.20 Å². The molecule has 2 aliphatic rings. The lowest BCUT2D eigenvalue weighted by molar-refractivity contribution is -0.212. The highest BCUT2D eigenvalue weighted by Gasteiger charge is 2.55. The third-order valence-corrected chi connectivity index (χ3v) is 5.16. The lowest BCUT2D eigenvalue weighted by Gasteiger charge is -2.23. The Labute approximate surface area is 152 Å². The molecule has 2 aromatic heterocycles. The molecule has 1 saturated carbocycles. The molecule has 0 aromatic carbocycles. The van der Waals surface area contributed by atoms with E-state index in [9.17, 15) is 18.3 Å². The molecule has 1 aliphatic carbocycles. The predicted molar refractivity (Wildman–Crippen MR) is 88.5 cm³/mol. The zero-order chi connectivity index (χ0) is 18.5. The standard InChI is InChI=1S/C17H14ClF3N4O/c18-16-3-15(24-7-12-13(8-24)14(12)9-26)11(5-22-16)2-1-10-4-23-25(6-10)17(19,20)21/h3-6,12-14,26H,7-9H2/t12-,13+,14?. The van der Waals surface area contributed by atoms with Gasteiger partial charge in [-0.2, -0.15) is 9.78 Å². The van der Waals surface area contributed by atoms with E-state index in [0.29, 0.717) is 28.5 Å². The Kier molecular flexibility index (Phi) is 4.09. The summed E-state index contributed by atoms with van der Waals surface area (Å²) >= 11 is 6.01. The van der Waals surface area contributed by atoms with Gasteiger partial charge in [0.2, 0.25) is 0 Å². The second kappa shape index (κ2) is 6.18. The lowest BCUT2D eigenvalue weighted by atomic mass is 10.2. The molecule has 1 N–H and O–H groups in total. The molecule has 0 spiro atoms. The van der Waals surface area contributed by atoms with Crippen LogP contribution in [0.4, 0.5) is 18.9 Å². The Hall–Kier alpha value is -2.24. The van der Waals surface area contributed by atoms with Crippen molar-refractivity contribution in [3.8, 4) is 11.8 Å². The SMILES string of the molecule is OCC1[C@H]2CN(c3cc(Cl)ncc3C#Cc3cnn(C(F)(F)F)c3)C[C@@H]12. The van der Waals surface area contributed by atoms with Gasteiger partial charge in [-0.15, -0.1) is 13.2 Å². The number of rotatable bonds is 2. The Balaban J connectivity index is 1.58. The van der Waals surface area contributed by atoms with Crippen LogP contribution >= 0.6 is 11.6 Å². The summed E-state index contributed by atoms with van der Waals surface area (Å²) in [5.41, 5.74) is 1.56. The number of hydrogen-bond acceptors (Lipinski definition) is 4. The molecule has 1 saturated heterocycles. The van der Waals surface area contributed by atoms with Crippen LogP contribution in [-0.2, 0) is 6.30 Å². The Bertz CT molecular complexity index is 889. The number of alkyl halides is 3. The molecule has 26 heavy (non-hydrogen) atoms. The summed E-state index contributed by atoms with van der Waals surface area (Å²) in [6.07, 6.45) is -1.13. The summed E-state index contributed by atoms with van der Waals surface area (Å²) in [4.78, 5) is 6.16. The number of fused-ring (bicyclic) bond motifs is 1. The fourth-order valence-corrected chi connectivity index (χ4v) is 3.71. The number of anilines is 1. The predicted octanol–water partition coefficient (Wildman–Crippen LogP) is 2.48. The van der Waals surface area contributed by atoms with Gasteiger partial charge in [0.05, 0.1) is 23.0 Å². The molecule has 2 aromatic rings. The number of pyridine rings is 1. The first-order chi connectivity index (χ1) is 12.4. The highest BCUT2D eigenvalue weighted by molar-refractivity contribution is 6.29. The van der Waals surface area contributed by atoms with Gasteiger partial charge in [-0.3, -0.25) is 0 Å². The van der Waals surface area contributed by atoms with E-state index in [4.69, 9.17) is 11.6 Å². The van der Waals surface area contributed by atoms with Gasteiger partial charge < -0.3 is 10.0 Å². The van der Waals surface area contributed by atoms with Gasteiger partial charge in [0.15, 0.2) is 0 Å². The zero-order valence-corrected chi connectivity index (χ0v) is 14.2. The summed E-state index contributed by atoms with van der Waals surface area (Å²) in [7, 11) is 0. The first-order valence-corrected chi connectivity index (χ1v) is 8.40. The Morgan fingerprint density at radius 1 is 1.23 bits per heavy atom. The summed E-state index contributed by atoms with van der Waals surface area (Å²) in [6, 6.07) is 1.71. The molecule has 1 unspecified atom stereocenters. The summed E-state index contributed by atoms with van der Waals surface area (Å²) < 4.78 is 37.7. The van der Waals surface area contributed by atoms with Crippen LogP contribution in [0.25, 0.3) is 0 Å². The van der Waals surface area contributed by atoms with Crippen LogP contribution in [0.1, 0.15) is 11.1 Å². The van der Waals surface area contributed by atoms with Gasteiger partial charge >= 0.3 is 6.30 Å². The van der Waals surface area contributed by atoms with Crippen LogP contribution in [0.15, 0.2) is 24.7 Å². The molecule has 2 fully saturated rings. The van der Waals surface area contributed by atoms with E-state index in [0.717, 1.165) is 31.2 Å². The van der Waals surface area contributed by atoms with Crippen molar-refractivity contribution in [2.24, 2.45) is 17.8 Å². The van der Waals surface area contributed by atoms with Gasteiger partial charge in [0.1, 0.15) is 5.15 Å². The molecule has 0 radical (unpaired) electrons. The van der Waals surface area contributed by atoms with Crippen molar-refractivity contribution < 1.29 is 18.3 Å². The van der Waals surface area contributed by atoms with E-state index in [-0.39, 0.29) is 16.9 Å². The van der Waals surface area contributed by atoms with E-state index < -0.39 is 6.30 Å². The van der Waals surface area contributed by atoms with Crippen LogP contribution in [0.5, 0.6) is 0 Å². The van der Waals surface area contributed by atoms with Crippen molar-refractivity contribution in [3.63, 3.8) is 0 Å². The highest BCUT2D eigenvalue weighted by Crippen LogP contribution is 2.52. The normalized spacial score (nSPS) is 24.2. The van der Waals surface area contributed by atoms with Gasteiger partial charge in [-0.25, -0.2) is 4.98 Å². The first-order valence-electron chi connectivity index (χ1n) is 8.02. The number of hydrogen-bond donors (Lipinski definition) is 1. The molecular formula is C17H14ClF3N4O. The van der Waals surface area contributed by atoms with E-state index in [1.54, 1.807) is 6.07 Å². The summed E-state index contributed by atoms with van der Waals surface area (Å²) in [6.45, 7) is 1.81. The van der Waals surface area contributed by atoms with Crippen molar-refractivity contribution in [3.05, 3.63) is 40.9 Å². The third-order valence-electron chi connectivity index (χ3n) is 4.96. The fourth-order valence-electron chi connectivity index (χ4n) is 3.56. The number of aliphatic hydroxyl groups is 1. The molecular weight excluding hydrogens is 369 g/mol. The minimum atomic E-state index is -4.56. The maximum atomic E-state index is 12.6. The molecule has 4 rings (SSSR count). The molecule has 5 nitrogen and oxygen atoms in total. The highest BCUT2D eigenvalue weighted by atomic mass is 35.5. The van der Waals surface area contributed by atoms with Crippen LogP contribution in [0, 0.1) is 29.6 Å². The van der Waals surface area contributed by atoms with Crippen LogP contribution in [0.2, 0.25) is 5.15 Å². The zero-order valence-electron chi connectivity index (χ0n) is 13.4. The van der Waals surface area contributed by atoms with Gasteiger partial charge in [0.25, 0.3) is 0 Å². The van der Waals surface area contributed by atoms with Gasteiger partial charge in [-0.1, -0.05) is 23.4 Å². The number of piperidine rings is 1. The van der Waals surface area contributed by atoms with E-state index in [1.807, 2.05) is 0 Å². The molecule has 3 heterocycles. The van der Waals surface area contributed by atoms with Crippen molar-refractivity contribution >= 4 is 17.3 Å². The number of halogens is 4. The van der Waals surface area contributed by atoms with E-state index in [2.05, 4.69) is 26.8 Å². The minimum Gasteiger partial charge on any atom is -0.396 e. The second-order valence-electron chi connectivity index (χ2n) is 6.49. The molecule has 1 aliphatic heterocycles. The molecule has 9 heteroatoms. The van der Waals surface area contributed by atoms with Crippen LogP contribution < -0.4 is 4.90 Å². The average molecular weight is 383 g/mol. The van der Waals surface area contributed by atoms with Crippen LogP contribution in [0.3, 0.4) is 0 Å². The lowest BCUT2D eigenvalue weighted by Crippen LogP contribution is -2.25. The van der Waals surface area contributed by atoms with Crippen molar-refractivity contribution in [2.75, 3.05) is 24.6 Å². The van der Waals surface area contributed by atoms with Gasteiger partial charge in [0, 0.05) is 38.2 Å². The smallest absolute Gasteiger partial charge is 0.396 e. The minimum absolute atomic E-state index is 0.0823. The number of aromatic nitrogens is 3. The summed E-state index contributed by atoms with van der Waals surface area (Å²) in [5.74, 6) is 6.87. The monoisotopic (exact) mass is 382 g/mol. The molecule has 3 atom stereocenters. The fraction of sp³-hybridized carbons (Fsp3) is 0.412. The van der Waals surface area contributed by atoms with Crippen LogP contribution in [-0.4, -0.2) is 39.6 Å². The Morgan fingerprint density at radius 3 is 2.58 bits per heavy atom. The first kappa shape index (κ1) is 17.2. The Morgan fingerprint density at radius 2 is 1.96 bits per heavy atom. The summed E-state index contributed by atoms with van der Waals surface area (Å²) in [5, 5.41) is 12.9. The molecule has 0 bridgehead atoms. The molecule has 136 valence electrons. The largest absolute Gasteiger partial charge is 0.504 e.